The number of nitrogens with one attached hydrogen (secondary N) is 5. The molecule has 1 aromatic heterocycles. The average molecular weight is 763 g/mol. The van der Waals surface area contributed by atoms with Gasteiger partial charge in [0.05, 0.1) is 11.1 Å². The molecule has 6 amide bonds. The molecular formula is C39H47ClN6O8. The van der Waals surface area contributed by atoms with E-state index in [0.717, 1.165) is 5.56 Å². The second-order valence-corrected chi connectivity index (χ2v) is 14.0. The third kappa shape index (κ3) is 10.1. The number of aliphatic hydroxyl groups excluding tert-OH is 1. The van der Waals surface area contributed by atoms with Crippen molar-refractivity contribution in [1.82, 2.24) is 31.5 Å². The molecular weight excluding hydrogens is 716 g/mol. The van der Waals surface area contributed by atoms with E-state index in [9.17, 15) is 33.9 Å². The van der Waals surface area contributed by atoms with Gasteiger partial charge in [0.1, 0.15) is 36.0 Å². The number of nitrogens with zero attached hydrogens (tertiary/aromatic N) is 1. The summed E-state index contributed by atoms with van der Waals surface area (Å²) < 4.78 is 5.78. The first-order chi connectivity index (χ1) is 26.0. The highest BCUT2D eigenvalue weighted by Gasteiger charge is 2.39. The molecule has 2 aromatic carbocycles. The van der Waals surface area contributed by atoms with Crippen molar-refractivity contribution in [2.75, 3.05) is 13.1 Å². The summed E-state index contributed by atoms with van der Waals surface area (Å²) in [5, 5.41) is 24.6. The Bertz CT molecular complexity index is 1820. The zero-order valence-electron chi connectivity index (χ0n) is 30.3. The lowest BCUT2D eigenvalue weighted by molar-refractivity contribution is -0.142. The van der Waals surface area contributed by atoms with E-state index in [-0.39, 0.29) is 37.5 Å². The van der Waals surface area contributed by atoms with Gasteiger partial charge in [-0.25, -0.2) is 0 Å². The van der Waals surface area contributed by atoms with Gasteiger partial charge in [-0.05, 0) is 75.3 Å². The second kappa shape index (κ2) is 18.7. The fraction of sp³-hybridized carbons (Fsp3) is 0.436. The molecule has 3 aromatic rings. The number of halogens is 1. The predicted octanol–water partition coefficient (Wildman–Crippen LogP) is 2.48. The molecule has 0 unspecified atom stereocenters. The Balaban J connectivity index is 1.38. The first-order valence-electron chi connectivity index (χ1n) is 18.3. The summed E-state index contributed by atoms with van der Waals surface area (Å²) >= 11 is 6.30. The number of hydrogen-bond donors (Lipinski definition) is 6. The van der Waals surface area contributed by atoms with Crippen LogP contribution in [0, 0.1) is 0 Å². The fourth-order valence-electron chi connectivity index (χ4n) is 6.67. The van der Waals surface area contributed by atoms with Gasteiger partial charge < -0.3 is 41.0 Å². The summed E-state index contributed by atoms with van der Waals surface area (Å²) in [4.78, 5) is 83.3. The van der Waals surface area contributed by atoms with Crippen molar-refractivity contribution in [2.24, 2.45) is 0 Å². The minimum Gasteiger partial charge on any atom is -0.451 e. The Kier molecular flexibility index (Phi) is 13.9. The molecule has 0 spiro atoms. The van der Waals surface area contributed by atoms with Gasteiger partial charge in [0.2, 0.25) is 29.5 Å². The van der Waals surface area contributed by atoms with E-state index in [0.29, 0.717) is 48.6 Å². The minimum absolute atomic E-state index is 0.0580. The predicted molar refractivity (Wildman–Crippen MR) is 200 cm³/mol. The van der Waals surface area contributed by atoms with Gasteiger partial charge in [-0.1, -0.05) is 61.0 Å². The summed E-state index contributed by atoms with van der Waals surface area (Å²) in [6, 6.07) is 13.5. The quantitative estimate of drug-likeness (QED) is 0.211. The van der Waals surface area contributed by atoms with Crippen molar-refractivity contribution < 1.29 is 38.3 Å². The normalized spacial score (nSPS) is 24.1. The van der Waals surface area contributed by atoms with E-state index in [4.69, 9.17) is 16.0 Å². The minimum atomic E-state index is -1.49. The molecule has 6 N–H and O–H groups in total. The van der Waals surface area contributed by atoms with Crippen LogP contribution in [0.25, 0.3) is 11.3 Å². The summed E-state index contributed by atoms with van der Waals surface area (Å²) in [6.45, 7) is 3.55. The molecule has 54 heavy (non-hydrogen) atoms. The van der Waals surface area contributed by atoms with E-state index in [1.54, 1.807) is 49.4 Å². The van der Waals surface area contributed by atoms with Crippen molar-refractivity contribution in [2.45, 2.75) is 95.1 Å². The number of aliphatic hydroxyl groups is 1. The van der Waals surface area contributed by atoms with Crippen LogP contribution in [0.4, 0.5) is 0 Å². The highest BCUT2D eigenvalue weighted by atomic mass is 35.5. The average Bonchev–Trinajstić information content (AvgIpc) is 3.86. The van der Waals surface area contributed by atoms with Crippen LogP contribution in [-0.4, -0.2) is 94.9 Å². The largest absolute Gasteiger partial charge is 0.451 e. The van der Waals surface area contributed by atoms with E-state index in [1.807, 2.05) is 18.2 Å². The summed E-state index contributed by atoms with van der Waals surface area (Å²) in [6.07, 6.45) is 0.867. The lowest BCUT2D eigenvalue weighted by Gasteiger charge is -2.30. The molecule has 288 valence electrons. The molecule has 0 saturated carbocycles. The molecule has 0 aliphatic carbocycles. The zero-order valence-corrected chi connectivity index (χ0v) is 31.1. The Morgan fingerprint density at radius 3 is 2.31 bits per heavy atom. The number of amides is 6. The van der Waals surface area contributed by atoms with Crippen LogP contribution in [0.2, 0.25) is 5.02 Å². The number of furan rings is 1. The standard InChI is InChI=1S/C39H47ClN6O8/c1-3-27-34(48)45-33(23(2)47)38(52)44-29(22-24-12-5-4-6-13-24)39(53)46-21-11-17-30(46)36(50)41-20-10-9-16-28(35(49)42-27)43-37(51)32-19-18-31(54-32)25-14-7-8-15-26(25)40/h4-8,12-15,18-19,23,27-30,33,47H,3,9-11,16-17,20-22H2,1-2H3,(H,41,50)(H,42,49)(H,43,51)(H,44,52)(H,45,48)/t23-,27+,28+,29-,30+,33+/m1/s1. The third-order valence-electron chi connectivity index (χ3n) is 9.65. The molecule has 14 nitrogen and oxygen atoms in total. The van der Waals surface area contributed by atoms with Crippen molar-refractivity contribution in [3.63, 3.8) is 0 Å². The van der Waals surface area contributed by atoms with E-state index in [1.165, 1.54) is 17.9 Å². The van der Waals surface area contributed by atoms with Gasteiger partial charge >= 0.3 is 0 Å². The van der Waals surface area contributed by atoms with Crippen LogP contribution in [0.5, 0.6) is 0 Å². The Morgan fingerprint density at radius 1 is 0.870 bits per heavy atom. The van der Waals surface area contributed by atoms with Gasteiger partial charge in [0.25, 0.3) is 5.91 Å². The molecule has 2 aliphatic rings. The van der Waals surface area contributed by atoms with Crippen LogP contribution < -0.4 is 26.6 Å². The van der Waals surface area contributed by atoms with Crippen LogP contribution in [0.3, 0.4) is 0 Å². The number of fused-ring (bicyclic) bond motifs is 1. The summed E-state index contributed by atoms with van der Waals surface area (Å²) in [7, 11) is 0. The lowest BCUT2D eigenvalue weighted by Crippen LogP contribution is -2.61. The van der Waals surface area contributed by atoms with Crippen molar-refractivity contribution in [1.29, 1.82) is 0 Å². The van der Waals surface area contributed by atoms with E-state index < -0.39 is 65.8 Å². The number of hydrogen-bond acceptors (Lipinski definition) is 8. The maximum Gasteiger partial charge on any atom is 0.287 e. The number of rotatable bonds is 7. The monoisotopic (exact) mass is 762 g/mol. The SMILES string of the molecule is CC[C@@H]1NC(=O)[C@@H](NC(=O)c2ccc(-c3ccccc3Cl)o2)CCCCNC(=O)[C@@H]2CCCN2C(=O)[C@@H](Cc2ccccc2)NC(=O)[C@H]([C@@H](C)O)NC1=O. The third-order valence-corrected chi connectivity index (χ3v) is 9.98. The molecule has 2 fully saturated rings. The number of benzene rings is 2. The van der Waals surface area contributed by atoms with E-state index in [2.05, 4.69) is 26.6 Å². The second-order valence-electron chi connectivity index (χ2n) is 13.6. The topological polar surface area (TPSA) is 199 Å². The first-order valence-corrected chi connectivity index (χ1v) is 18.7. The van der Waals surface area contributed by atoms with Gasteiger partial charge in [0, 0.05) is 25.1 Å². The molecule has 2 aliphatic heterocycles. The fourth-order valence-corrected chi connectivity index (χ4v) is 6.89. The van der Waals surface area contributed by atoms with Gasteiger partial charge in [-0.15, -0.1) is 0 Å². The maximum atomic E-state index is 14.0. The van der Waals surface area contributed by atoms with Crippen molar-refractivity contribution in [3.8, 4) is 11.3 Å². The summed E-state index contributed by atoms with van der Waals surface area (Å²) in [5.41, 5.74) is 1.35. The Morgan fingerprint density at radius 2 is 1.59 bits per heavy atom. The smallest absolute Gasteiger partial charge is 0.287 e. The Hall–Kier alpha value is -5.21. The van der Waals surface area contributed by atoms with Crippen molar-refractivity contribution in [3.05, 3.63) is 83.1 Å². The zero-order chi connectivity index (χ0) is 38.8. The molecule has 0 radical (unpaired) electrons. The van der Waals surface area contributed by atoms with Crippen LogP contribution in [-0.2, 0) is 30.4 Å². The molecule has 2 saturated heterocycles. The van der Waals surface area contributed by atoms with Gasteiger partial charge in [0.15, 0.2) is 5.76 Å². The molecule has 0 bridgehead atoms. The molecule has 5 rings (SSSR count). The highest BCUT2D eigenvalue weighted by molar-refractivity contribution is 6.33. The number of carbonyl (C=O) groups excluding carboxylic acids is 6. The van der Waals surface area contributed by atoms with Gasteiger partial charge in [-0.2, -0.15) is 0 Å². The van der Waals surface area contributed by atoms with Crippen molar-refractivity contribution >= 4 is 47.0 Å². The van der Waals surface area contributed by atoms with Crippen LogP contribution >= 0.6 is 11.6 Å². The molecule has 15 heteroatoms. The van der Waals surface area contributed by atoms with Crippen LogP contribution in [0.15, 0.2) is 71.1 Å². The molecule has 6 atom stereocenters. The lowest BCUT2D eigenvalue weighted by atomic mass is 10.0. The summed E-state index contributed by atoms with van der Waals surface area (Å²) in [5.74, 6) is -3.36. The molecule has 3 heterocycles. The highest BCUT2D eigenvalue weighted by Crippen LogP contribution is 2.29. The number of carbonyl (C=O) groups is 6. The van der Waals surface area contributed by atoms with Crippen LogP contribution in [0.1, 0.15) is 68.5 Å². The van der Waals surface area contributed by atoms with E-state index >= 15 is 0 Å². The first kappa shape index (κ1) is 40.0. The Labute approximate surface area is 318 Å². The maximum absolute atomic E-state index is 14.0. The van der Waals surface area contributed by atoms with Gasteiger partial charge in [-0.3, -0.25) is 28.8 Å².